The third-order valence-electron chi connectivity index (χ3n) is 2.91. The molecule has 87 valence electrons. The van der Waals surface area contributed by atoms with Crippen molar-refractivity contribution in [2.75, 3.05) is 19.7 Å². The number of piperidine rings is 1. The highest BCUT2D eigenvalue weighted by Crippen LogP contribution is 2.09. The Labute approximate surface area is 98.2 Å². The molecule has 1 aromatic carbocycles. The molecule has 1 fully saturated rings. The summed E-state index contributed by atoms with van der Waals surface area (Å²) in [6.45, 7) is 2.92. The van der Waals surface area contributed by atoms with Crippen LogP contribution in [-0.4, -0.2) is 24.8 Å². The van der Waals surface area contributed by atoms with Gasteiger partial charge in [-0.1, -0.05) is 36.8 Å². The van der Waals surface area contributed by atoms with Gasteiger partial charge in [0.2, 0.25) is 0 Å². The molecule has 0 bridgehead atoms. The number of nitrogens with zero attached hydrogens (tertiary/aromatic N) is 1. The third kappa shape index (κ3) is 3.95. The summed E-state index contributed by atoms with van der Waals surface area (Å²) in [5.41, 5.74) is 1.35. The molecule has 0 amide bonds. The maximum atomic E-state index is 5.68. The van der Waals surface area contributed by atoms with Crippen molar-refractivity contribution in [1.29, 1.82) is 0 Å². The molecular weight excluding hydrogens is 198 g/mol. The molecule has 0 spiro atoms. The van der Waals surface area contributed by atoms with Gasteiger partial charge in [-0.15, -0.1) is 0 Å². The lowest BCUT2D eigenvalue weighted by Gasteiger charge is -2.25. The Morgan fingerprint density at radius 3 is 2.56 bits per heavy atom. The van der Waals surface area contributed by atoms with E-state index in [4.69, 9.17) is 4.84 Å². The first-order chi connectivity index (χ1) is 7.95. The monoisotopic (exact) mass is 218 g/mol. The van der Waals surface area contributed by atoms with Crippen molar-refractivity contribution in [3.8, 4) is 0 Å². The van der Waals surface area contributed by atoms with Gasteiger partial charge in [-0.05, 0) is 31.2 Å². The van der Waals surface area contributed by atoms with Crippen molar-refractivity contribution >= 4 is 0 Å². The minimum absolute atomic E-state index is 0.731. The van der Waals surface area contributed by atoms with Crippen molar-refractivity contribution in [2.45, 2.75) is 25.7 Å². The van der Waals surface area contributed by atoms with E-state index in [0.29, 0.717) is 0 Å². The van der Waals surface area contributed by atoms with E-state index in [2.05, 4.69) is 35.7 Å². The van der Waals surface area contributed by atoms with Gasteiger partial charge in [-0.2, -0.15) is 5.06 Å². The van der Waals surface area contributed by atoms with Gasteiger partial charge in [-0.3, -0.25) is 4.84 Å². The first-order valence-electron chi connectivity index (χ1n) is 6.18. The zero-order valence-corrected chi connectivity index (χ0v) is 9.77. The molecule has 0 saturated carbocycles. The van der Waals surface area contributed by atoms with Crippen molar-refractivity contribution < 1.29 is 4.84 Å². The summed E-state index contributed by atoms with van der Waals surface area (Å²) in [4.78, 5) is 5.68. The fourth-order valence-electron chi connectivity index (χ4n) is 1.99. The Hall–Kier alpha value is -0.860. The zero-order valence-electron chi connectivity index (χ0n) is 9.77. The highest BCUT2D eigenvalue weighted by Gasteiger charge is 2.09. The summed E-state index contributed by atoms with van der Waals surface area (Å²) in [5, 5.41) is 2.10. The molecule has 1 aliphatic heterocycles. The fraction of sp³-hybridized carbons (Fsp3) is 0.500. The van der Waals surface area contributed by atoms with Crippen molar-refractivity contribution in [3.63, 3.8) is 0 Å². The summed E-state index contributed by atoms with van der Waals surface area (Å²) in [6.07, 6.45) is 7.10. The van der Waals surface area contributed by atoms with Gasteiger partial charge >= 0.3 is 0 Å². The van der Waals surface area contributed by atoms with Crippen molar-refractivity contribution in [3.05, 3.63) is 42.3 Å². The van der Waals surface area contributed by atoms with Crippen LogP contribution in [0, 0.1) is 6.42 Å². The van der Waals surface area contributed by atoms with Crippen LogP contribution in [0.4, 0.5) is 0 Å². The van der Waals surface area contributed by atoms with E-state index >= 15 is 0 Å². The maximum Gasteiger partial charge on any atom is 0.0720 e. The predicted octanol–water partition coefficient (Wildman–Crippen LogP) is 2.85. The maximum absolute atomic E-state index is 5.68. The Morgan fingerprint density at radius 1 is 1.06 bits per heavy atom. The first-order valence-corrected chi connectivity index (χ1v) is 6.18. The van der Waals surface area contributed by atoms with Crippen LogP contribution in [0.1, 0.15) is 24.8 Å². The molecule has 1 aliphatic rings. The fourth-order valence-corrected chi connectivity index (χ4v) is 1.99. The highest BCUT2D eigenvalue weighted by atomic mass is 16.7. The van der Waals surface area contributed by atoms with Crippen molar-refractivity contribution in [1.82, 2.24) is 5.06 Å². The Balaban J connectivity index is 1.58. The largest absolute Gasteiger partial charge is 0.299 e. The molecule has 16 heavy (non-hydrogen) atoms. The minimum atomic E-state index is 0.731. The van der Waals surface area contributed by atoms with Gasteiger partial charge in [0, 0.05) is 13.1 Å². The molecule has 0 unspecified atom stereocenters. The molecule has 0 aromatic heterocycles. The van der Waals surface area contributed by atoms with Crippen LogP contribution in [0.5, 0.6) is 0 Å². The van der Waals surface area contributed by atoms with Crippen molar-refractivity contribution in [2.24, 2.45) is 0 Å². The second-order valence-electron chi connectivity index (χ2n) is 4.26. The molecule has 0 aliphatic carbocycles. The lowest BCUT2D eigenvalue weighted by molar-refractivity contribution is -0.161. The van der Waals surface area contributed by atoms with Crippen LogP contribution in [0.25, 0.3) is 0 Å². The average Bonchev–Trinajstić information content (AvgIpc) is 2.37. The lowest BCUT2D eigenvalue weighted by Crippen LogP contribution is -2.30. The number of benzene rings is 1. The van der Waals surface area contributed by atoms with Crippen LogP contribution < -0.4 is 0 Å². The Kier molecular flexibility index (Phi) is 4.84. The normalized spacial score (nSPS) is 17.5. The molecule has 1 heterocycles. The van der Waals surface area contributed by atoms with Crippen LogP contribution in [0.15, 0.2) is 30.3 Å². The molecule has 2 nitrogen and oxygen atoms in total. The van der Waals surface area contributed by atoms with E-state index in [9.17, 15) is 0 Å². The molecule has 1 radical (unpaired) electrons. The molecule has 1 saturated heterocycles. The van der Waals surface area contributed by atoms with Crippen LogP contribution >= 0.6 is 0 Å². The third-order valence-corrected chi connectivity index (χ3v) is 2.91. The van der Waals surface area contributed by atoms with Gasteiger partial charge < -0.3 is 0 Å². The van der Waals surface area contributed by atoms with Gasteiger partial charge in [0.15, 0.2) is 0 Å². The van der Waals surface area contributed by atoms with Gasteiger partial charge in [0.05, 0.1) is 6.61 Å². The molecule has 1 aromatic rings. The second kappa shape index (κ2) is 6.66. The van der Waals surface area contributed by atoms with E-state index < -0.39 is 0 Å². The minimum Gasteiger partial charge on any atom is -0.299 e. The summed E-state index contributed by atoms with van der Waals surface area (Å²) in [6, 6.07) is 10.5. The van der Waals surface area contributed by atoms with E-state index in [1.54, 1.807) is 0 Å². The van der Waals surface area contributed by atoms with Crippen LogP contribution in [0.3, 0.4) is 0 Å². The Morgan fingerprint density at radius 2 is 1.81 bits per heavy atom. The summed E-state index contributed by atoms with van der Waals surface area (Å²) in [5.74, 6) is 0. The van der Waals surface area contributed by atoms with E-state index in [1.165, 1.54) is 24.8 Å². The van der Waals surface area contributed by atoms with Gasteiger partial charge in [-0.25, -0.2) is 0 Å². The summed E-state index contributed by atoms with van der Waals surface area (Å²) in [7, 11) is 0. The van der Waals surface area contributed by atoms with Crippen LogP contribution in [-0.2, 0) is 11.3 Å². The molecular formula is C14H20NO. The van der Waals surface area contributed by atoms with E-state index in [-0.39, 0.29) is 0 Å². The summed E-state index contributed by atoms with van der Waals surface area (Å²) < 4.78 is 0. The predicted molar refractivity (Wildman–Crippen MR) is 65.8 cm³/mol. The van der Waals surface area contributed by atoms with Gasteiger partial charge in [0.1, 0.15) is 0 Å². The number of hydroxylamine groups is 2. The quantitative estimate of drug-likeness (QED) is 0.705. The Bertz CT molecular complexity index is 280. The molecule has 2 heteroatoms. The number of rotatable bonds is 5. The van der Waals surface area contributed by atoms with E-state index in [1.807, 2.05) is 6.07 Å². The van der Waals surface area contributed by atoms with E-state index in [0.717, 1.165) is 26.1 Å². The van der Waals surface area contributed by atoms with Crippen LogP contribution in [0.2, 0.25) is 0 Å². The average molecular weight is 218 g/mol. The second-order valence-corrected chi connectivity index (χ2v) is 4.26. The number of hydrogen-bond donors (Lipinski definition) is 0. The highest BCUT2D eigenvalue weighted by molar-refractivity contribution is 5.16. The SMILES string of the molecule is [CH](CON1CCCCC1)Cc1ccccc1. The lowest BCUT2D eigenvalue weighted by atomic mass is 10.1. The first kappa shape index (κ1) is 11.6. The zero-order chi connectivity index (χ0) is 11.1. The molecule has 2 rings (SSSR count). The standard InChI is InChI=1S/C14H20NO/c1-3-8-14(9-4-1)10-7-13-16-15-11-5-2-6-12-15/h1,3-4,7-9H,2,5-6,10-13H2. The smallest absolute Gasteiger partial charge is 0.0720 e. The molecule has 0 N–H and O–H groups in total. The summed E-state index contributed by atoms with van der Waals surface area (Å²) >= 11 is 0. The molecule has 0 atom stereocenters. The van der Waals surface area contributed by atoms with Gasteiger partial charge in [0.25, 0.3) is 0 Å². The number of hydrogen-bond acceptors (Lipinski definition) is 2. The topological polar surface area (TPSA) is 12.5 Å².